The third-order valence-electron chi connectivity index (χ3n) is 3.98. The summed E-state index contributed by atoms with van der Waals surface area (Å²) in [5.41, 5.74) is 5.80. The van der Waals surface area contributed by atoms with Gasteiger partial charge < -0.3 is 0 Å². The summed E-state index contributed by atoms with van der Waals surface area (Å²) in [6.07, 6.45) is 0. The lowest BCUT2D eigenvalue weighted by atomic mass is 10.2. The molecule has 0 radical (unpaired) electrons. The van der Waals surface area contributed by atoms with Gasteiger partial charge in [-0.15, -0.1) is 16.4 Å². The minimum atomic E-state index is -0.332. The zero-order valence-corrected chi connectivity index (χ0v) is 14.9. The number of nitrogens with one attached hydrogen (secondary N) is 1. The smallest absolute Gasteiger partial charge is 0.288 e. The lowest BCUT2D eigenvalue weighted by Gasteiger charge is -2.05. The first-order valence-electron chi connectivity index (χ1n) is 8.15. The van der Waals surface area contributed by atoms with Gasteiger partial charge in [0.25, 0.3) is 5.91 Å². The van der Waals surface area contributed by atoms with Crippen molar-refractivity contribution in [1.29, 1.82) is 0 Å². The van der Waals surface area contributed by atoms with Crippen molar-refractivity contribution in [2.24, 2.45) is 5.10 Å². The number of rotatable bonds is 3. The molecule has 0 saturated carbocycles. The first-order chi connectivity index (χ1) is 12.7. The van der Waals surface area contributed by atoms with Gasteiger partial charge in [0.2, 0.25) is 4.80 Å². The van der Waals surface area contributed by atoms with Crippen molar-refractivity contribution in [3.8, 4) is 5.69 Å². The largest absolute Gasteiger partial charge is 0.290 e. The second-order valence-electron chi connectivity index (χ2n) is 5.77. The molecule has 0 fully saturated rings. The fraction of sp³-hybridized carbons (Fsp3) is 0.0500. The molecule has 5 nitrogen and oxygen atoms in total. The Kier molecular flexibility index (Phi) is 4.33. The molecular formula is C20H16N4OS. The van der Waals surface area contributed by atoms with Gasteiger partial charge in [-0.2, -0.15) is 0 Å². The second kappa shape index (κ2) is 6.93. The molecule has 0 aliphatic rings. The summed E-state index contributed by atoms with van der Waals surface area (Å²) in [5.74, 6) is -0.332. The number of aromatic nitrogens is 2. The zero-order valence-electron chi connectivity index (χ0n) is 14.1. The average molecular weight is 360 g/mol. The fourth-order valence-electron chi connectivity index (χ4n) is 2.71. The quantitative estimate of drug-likeness (QED) is 0.567. The maximum atomic E-state index is 12.4. The SMILES string of the molecule is Cc1cs/c(=N\NC(=O)c2ccc3ccccc3n2)n1-c1ccccc1. The minimum absolute atomic E-state index is 0.332. The summed E-state index contributed by atoms with van der Waals surface area (Å²) in [7, 11) is 0. The number of para-hydroxylation sites is 2. The Balaban J connectivity index is 1.65. The van der Waals surface area contributed by atoms with Crippen LogP contribution in [0.4, 0.5) is 0 Å². The predicted molar refractivity (Wildman–Crippen MR) is 103 cm³/mol. The summed E-state index contributed by atoms with van der Waals surface area (Å²) >= 11 is 1.47. The molecule has 2 aromatic carbocycles. The molecule has 4 rings (SSSR count). The van der Waals surface area contributed by atoms with Crippen molar-refractivity contribution >= 4 is 28.1 Å². The maximum Gasteiger partial charge on any atom is 0.290 e. The van der Waals surface area contributed by atoms with Crippen LogP contribution >= 0.6 is 11.3 Å². The highest BCUT2D eigenvalue weighted by atomic mass is 32.1. The predicted octanol–water partition coefficient (Wildman–Crippen LogP) is 3.64. The van der Waals surface area contributed by atoms with Gasteiger partial charge in [-0.25, -0.2) is 10.4 Å². The molecular weight excluding hydrogens is 344 g/mol. The van der Waals surface area contributed by atoms with Crippen LogP contribution in [0.1, 0.15) is 16.2 Å². The Morgan fingerprint density at radius 3 is 2.65 bits per heavy atom. The molecule has 0 atom stereocenters. The number of pyridine rings is 1. The van der Waals surface area contributed by atoms with Crippen LogP contribution in [0.25, 0.3) is 16.6 Å². The number of carbonyl (C=O) groups is 1. The van der Waals surface area contributed by atoms with Crippen LogP contribution in [0.3, 0.4) is 0 Å². The topological polar surface area (TPSA) is 59.3 Å². The molecule has 4 aromatic rings. The van der Waals surface area contributed by atoms with Crippen molar-refractivity contribution < 1.29 is 4.79 Å². The van der Waals surface area contributed by atoms with E-state index < -0.39 is 0 Å². The number of hydrogen-bond donors (Lipinski definition) is 1. The monoisotopic (exact) mass is 360 g/mol. The summed E-state index contributed by atoms with van der Waals surface area (Å²) in [4.78, 5) is 17.5. The van der Waals surface area contributed by atoms with E-state index in [1.807, 2.05) is 77.5 Å². The van der Waals surface area contributed by atoms with Crippen molar-refractivity contribution in [3.63, 3.8) is 0 Å². The molecule has 26 heavy (non-hydrogen) atoms. The first-order valence-corrected chi connectivity index (χ1v) is 9.03. The summed E-state index contributed by atoms with van der Waals surface area (Å²) in [6, 6.07) is 21.2. The van der Waals surface area contributed by atoms with E-state index in [1.165, 1.54) is 11.3 Å². The van der Waals surface area contributed by atoms with Crippen molar-refractivity contribution in [1.82, 2.24) is 15.0 Å². The molecule has 0 unspecified atom stereocenters. The zero-order chi connectivity index (χ0) is 17.9. The number of fused-ring (bicyclic) bond motifs is 1. The van der Waals surface area contributed by atoms with Gasteiger partial charge in [0.05, 0.1) is 5.52 Å². The van der Waals surface area contributed by atoms with Crippen molar-refractivity contribution in [3.05, 3.63) is 88.3 Å². The highest BCUT2D eigenvalue weighted by Gasteiger charge is 2.08. The number of carbonyl (C=O) groups excluding carboxylic acids is 1. The molecule has 0 saturated heterocycles. The average Bonchev–Trinajstić information content (AvgIpc) is 3.06. The highest BCUT2D eigenvalue weighted by molar-refractivity contribution is 7.07. The van der Waals surface area contributed by atoms with E-state index in [0.29, 0.717) is 10.5 Å². The summed E-state index contributed by atoms with van der Waals surface area (Å²) < 4.78 is 2.00. The third-order valence-corrected chi connectivity index (χ3v) is 4.92. The Bertz CT molecular complexity index is 1150. The van der Waals surface area contributed by atoms with Gasteiger partial charge in [-0.05, 0) is 31.2 Å². The summed E-state index contributed by atoms with van der Waals surface area (Å²) in [6.45, 7) is 2.01. The standard InChI is InChI=1S/C20H16N4OS/c1-14-13-26-20(24(14)16-8-3-2-4-9-16)23-22-19(25)18-12-11-15-7-5-6-10-17(15)21-18/h2-13H,1H3,(H,22,25)/b23-20-. The molecule has 0 spiro atoms. The summed E-state index contributed by atoms with van der Waals surface area (Å²) in [5, 5.41) is 7.30. The Hall–Kier alpha value is -3.25. The first kappa shape index (κ1) is 16.2. The van der Waals surface area contributed by atoms with Crippen LogP contribution in [-0.4, -0.2) is 15.5 Å². The molecule has 0 aliphatic carbocycles. The van der Waals surface area contributed by atoms with Crippen molar-refractivity contribution in [2.75, 3.05) is 0 Å². The number of amides is 1. The molecule has 1 N–H and O–H groups in total. The molecule has 128 valence electrons. The van der Waals surface area contributed by atoms with Gasteiger partial charge in [-0.1, -0.05) is 42.5 Å². The van der Waals surface area contributed by atoms with E-state index in [9.17, 15) is 4.79 Å². The third kappa shape index (κ3) is 3.14. The number of aryl methyl sites for hydroxylation is 1. The molecule has 2 heterocycles. The molecule has 2 aromatic heterocycles. The minimum Gasteiger partial charge on any atom is -0.288 e. The van der Waals surface area contributed by atoms with Crippen LogP contribution < -0.4 is 10.2 Å². The highest BCUT2D eigenvalue weighted by Crippen LogP contribution is 2.12. The van der Waals surface area contributed by atoms with E-state index in [1.54, 1.807) is 6.07 Å². The van der Waals surface area contributed by atoms with Gasteiger partial charge >= 0.3 is 0 Å². The Morgan fingerprint density at radius 2 is 1.81 bits per heavy atom. The maximum absolute atomic E-state index is 12.4. The molecule has 0 bridgehead atoms. The Morgan fingerprint density at radius 1 is 1.04 bits per heavy atom. The van der Waals surface area contributed by atoms with Gasteiger partial charge in [0, 0.05) is 22.1 Å². The van der Waals surface area contributed by atoms with Gasteiger partial charge in [0.1, 0.15) is 5.69 Å². The van der Waals surface area contributed by atoms with E-state index >= 15 is 0 Å². The van der Waals surface area contributed by atoms with Crippen LogP contribution in [-0.2, 0) is 0 Å². The van der Waals surface area contributed by atoms with Crippen LogP contribution in [0.5, 0.6) is 0 Å². The van der Waals surface area contributed by atoms with E-state index in [2.05, 4.69) is 15.5 Å². The van der Waals surface area contributed by atoms with Crippen LogP contribution in [0.2, 0.25) is 0 Å². The van der Waals surface area contributed by atoms with E-state index in [4.69, 9.17) is 0 Å². The number of nitrogens with zero attached hydrogens (tertiary/aromatic N) is 3. The molecule has 0 aliphatic heterocycles. The Labute approximate surface area is 154 Å². The van der Waals surface area contributed by atoms with E-state index in [0.717, 1.165) is 22.3 Å². The van der Waals surface area contributed by atoms with Crippen LogP contribution in [0.15, 0.2) is 77.2 Å². The van der Waals surface area contributed by atoms with Crippen LogP contribution in [0, 0.1) is 6.92 Å². The second-order valence-corrected chi connectivity index (χ2v) is 6.61. The fourth-order valence-corrected chi connectivity index (χ4v) is 3.54. The van der Waals surface area contributed by atoms with Crippen molar-refractivity contribution in [2.45, 2.75) is 6.92 Å². The van der Waals surface area contributed by atoms with Gasteiger partial charge in [-0.3, -0.25) is 9.36 Å². The molecule has 6 heteroatoms. The van der Waals surface area contributed by atoms with E-state index in [-0.39, 0.29) is 5.91 Å². The lowest BCUT2D eigenvalue weighted by Crippen LogP contribution is -2.24. The normalized spacial score (nSPS) is 11.7. The lowest BCUT2D eigenvalue weighted by molar-refractivity contribution is 0.0948. The number of thiazole rings is 1. The van der Waals surface area contributed by atoms with Gasteiger partial charge in [0.15, 0.2) is 0 Å². The molecule has 1 amide bonds. The number of benzene rings is 2. The number of hydrogen-bond acceptors (Lipinski definition) is 4.